The molecule has 23 heavy (non-hydrogen) atoms. The highest BCUT2D eigenvalue weighted by atomic mass is 127. The summed E-state index contributed by atoms with van der Waals surface area (Å²) in [6.07, 6.45) is 1.70. The van der Waals surface area contributed by atoms with Crippen LogP contribution in [0.15, 0.2) is 23.2 Å². The quantitative estimate of drug-likeness (QED) is 0.429. The lowest BCUT2D eigenvalue weighted by atomic mass is 9.89. The molecule has 5 nitrogen and oxygen atoms in total. The molecule has 0 bridgehead atoms. The van der Waals surface area contributed by atoms with Gasteiger partial charge < -0.3 is 20.7 Å². The van der Waals surface area contributed by atoms with Gasteiger partial charge in [-0.1, -0.05) is 0 Å². The Balaban J connectivity index is 0.00000264. The summed E-state index contributed by atoms with van der Waals surface area (Å²) in [5.41, 5.74) is 5.66. The van der Waals surface area contributed by atoms with Crippen LogP contribution in [-0.2, 0) is 4.74 Å². The van der Waals surface area contributed by atoms with Crippen molar-refractivity contribution in [2.45, 2.75) is 18.4 Å². The first-order chi connectivity index (χ1) is 10.4. The number of hydrogen-bond acceptors (Lipinski definition) is 3. The van der Waals surface area contributed by atoms with Crippen LogP contribution in [0.2, 0.25) is 0 Å². The minimum absolute atomic E-state index is 0. The number of anilines is 1. The van der Waals surface area contributed by atoms with Crippen LogP contribution >= 0.6 is 24.0 Å². The van der Waals surface area contributed by atoms with E-state index in [4.69, 9.17) is 10.5 Å². The molecule has 3 N–H and O–H groups in total. The topological polar surface area (TPSA) is 62.9 Å². The number of benzene rings is 1. The monoisotopic (exact) mass is 440 g/mol. The molecule has 0 atom stereocenters. The predicted molar refractivity (Wildman–Crippen MR) is 98.4 cm³/mol. The molecular weight excluding hydrogens is 417 g/mol. The summed E-state index contributed by atoms with van der Waals surface area (Å²) in [5, 5.41) is 2.61. The van der Waals surface area contributed by atoms with Crippen molar-refractivity contribution in [3.05, 3.63) is 29.8 Å². The van der Waals surface area contributed by atoms with Crippen LogP contribution in [0.5, 0.6) is 0 Å². The first-order valence-electron chi connectivity index (χ1n) is 7.20. The molecule has 0 radical (unpaired) electrons. The zero-order valence-electron chi connectivity index (χ0n) is 13.3. The first kappa shape index (κ1) is 20.0. The molecule has 0 unspecified atom stereocenters. The van der Waals surface area contributed by atoms with E-state index in [1.54, 1.807) is 0 Å². The standard InChI is InChI=1S/C15H22F2N4O.HI/c1-21(2)15(5-7-22-8-6-15)10-19-14(18)20-13-9-11(16)3-4-12(13)17;/h3-4,9H,5-8,10H2,1-2H3,(H3,18,19,20);1H. The van der Waals surface area contributed by atoms with Gasteiger partial charge in [0.15, 0.2) is 5.96 Å². The van der Waals surface area contributed by atoms with Crippen LogP contribution < -0.4 is 11.1 Å². The van der Waals surface area contributed by atoms with E-state index >= 15 is 0 Å². The van der Waals surface area contributed by atoms with Crippen LogP contribution in [0.4, 0.5) is 14.5 Å². The van der Waals surface area contributed by atoms with Gasteiger partial charge in [-0.05, 0) is 39.1 Å². The van der Waals surface area contributed by atoms with E-state index in [1.165, 1.54) is 0 Å². The Morgan fingerprint density at radius 1 is 1.35 bits per heavy atom. The number of likely N-dealkylation sites (N-methyl/N-ethyl adjacent to an activating group) is 1. The highest BCUT2D eigenvalue weighted by Crippen LogP contribution is 2.26. The average molecular weight is 440 g/mol. The third-order valence-corrected chi connectivity index (χ3v) is 4.11. The van der Waals surface area contributed by atoms with Gasteiger partial charge in [0.1, 0.15) is 11.6 Å². The van der Waals surface area contributed by atoms with Gasteiger partial charge in [0, 0.05) is 24.8 Å². The summed E-state index contributed by atoms with van der Waals surface area (Å²) in [7, 11) is 3.99. The van der Waals surface area contributed by atoms with Crippen LogP contribution in [0.1, 0.15) is 12.8 Å². The number of nitrogens with one attached hydrogen (secondary N) is 1. The van der Waals surface area contributed by atoms with Crippen molar-refractivity contribution < 1.29 is 13.5 Å². The van der Waals surface area contributed by atoms with Gasteiger partial charge in [-0.2, -0.15) is 0 Å². The van der Waals surface area contributed by atoms with Gasteiger partial charge in [0.05, 0.1) is 12.2 Å². The van der Waals surface area contributed by atoms with Gasteiger partial charge in [-0.3, -0.25) is 4.99 Å². The number of hydrogen-bond donors (Lipinski definition) is 2. The molecule has 1 aromatic rings. The molecule has 1 saturated heterocycles. The van der Waals surface area contributed by atoms with E-state index in [0.29, 0.717) is 19.8 Å². The number of rotatable bonds is 4. The lowest BCUT2D eigenvalue weighted by Gasteiger charge is -2.41. The molecule has 0 aromatic heterocycles. The van der Waals surface area contributed by atoms with E-state index in [1.807, 2.05) is 14.1 Å². The molecule has 1 fully saturated rings. The third kappa shape index (κ3) is 5.25. The molecule has 0 aliphatic carbocycles. The zero-order valence-corrected chi connectivity index (χ0v) is 15.6. The lowest BCUT2D eigenvalue weighted by molar-refractivity contribution is -0.00249. The number of nitrogens with zero attached hydrogens (tertiary/aromatic N) is 2. The van der Waals surface area contributed by atoms with Crippen LogP contribution in [-0.4, -0.2) is 50.3 Å². The Morgan fingerprint density at radius 2 is 2.00 bits per heavy atom. The molecule has 0 spiro atoms. The average Bonchev–Trinajstić information content (AvgIpc) is 2.50. The largest absolute Gasteiger partial charge is 0.381 e. The van der Waals surface area contributed by atoms with Crippen molar-refractivity contribution in [3.63, 3.8) is 0 Å². The second-order valence-electron chi connectivity index (χ2n) is 5.68. The van der Waals surface area contributed by atoms with Crippen molar-refractivity contribution in [1.82, 2.24) is 4.90 Å². The normalized spacial score (nSPS) is 17.7. The molecule has 0 amide bonds. The second kappa shape index (κ2) is 8.74. The number of halogens is 3. The molecule has 1 aliphatic rings. The van der Waals surface area contributed by atoms with Crippen molar-refractivity contribution in [3.8, 4) is 0 Å². The van der Waals surface area contributed by atoms with Crippen molar-refractivity contribution in [2.24, 2.45) is 10.7 Å². The summed E-state index contributed by atoms with van der Waals surface area (Å²) in [6, 6.07) is 3.15. The maximum Gasteiger partial charge on any atom is 0.193 e. The van der Waals surface area contributed by atoms with Gasteiger partial charge in [-0.25, -0.2) is 8.78 Å². The van der Waals surface area contributed by atoms with Gasteiger partial charge >= 0.3 is 0 Å². The molecule has 1 aliphatic heterocycles. The Labute approximate surface area is 152 Å². The van der Waals surface area contributed by atoms with E-state index in [0.717, 1.165) is 31.0 Å². The first-order valence-corrected chi connectivity index (χ1v) is 7.20. The van der Waals surface area contributed by atoms with Gasteiger partial charge in [0.2, 0.25) is 0 Å². The highest BCUT2D eigenvalue weighted by Gasteiger charge is 2.34. The fraction of sp³-hybridized carbons (Fsp3) is 0.533. The van der Waals surface area contributed by atoms with E-state index in [2.05, 4.69) is 15.2 Å². The Bertz CT molecular complexity index is 548. The molecule has 1 heterocycles. The van der Waals surface area contributed by atoms with E-state index in [9.17, 15) is 8.78 Å². The summed E-state index contributed by atoms with van der Waals surface area (Å²) < 4.78 is 32.1. The van der Waals surface area contributed by atoms with Crippen molar-refractivity contribution in [1.29, 1.82) is 0 Å². The van der Waals surface area contributed by atoms with Crippen molar-refractivity contribution >= 4 is 35.6 Å². The predicted octanol–water partition coefficient (Wildman–Crippen LogP) is 2.42. The van der Waals surface area contributed by atoms with Crippen LogP contribution in [0, 0.1) is 11.6 Å². The third-order valence-electron chi connectivity index (χ3n) is 4.11. The van der Waals surface area contributed by atoms with Gasteiger partial charge in [-0.15, -0.1) is 24.0 Å². The number of aliphatic imine (C=N–C) groups is 1. The minimum Gasteiger partial charge on any atom is -0.381 e. The molecule has 8 heteroatoms. The maximum atomic E-state index is 13.6. The molecule has 0 saturated carbocycles. The summed E-state index contributed by atoms with van der Waals surface area (Å²) >= 11 is 0. The highest BCUT2D eigenvalue weighted by molar-refractivity contribution is 14.0. The lowest BCUT2D eigenvalue weighted by Crippen LogP contribution is -2.51. The van der Waals surface area contributed by atoms with E-state index < -0.39 is 11.6 Å². The Hall–Kier alpha value is -1.00. The number of nitrogens with two attached hydrogens (primary N) is 1. The SMILES string of the molecule is CN(C)C1(CN=C(N)Nc2cc(F)ccc2F)CCOCC1.I. The number of ether oxygens (including phenoxy) is 1. The van der Waals surface area contributed by atoms with Crippen LogP contribution in [0.25, 0.3) is 0 Å². The fourth-order valence-corrected chi connectivity index (χ4v) is 2.50. The van der Waals surface area contributed by atoms with E-state index in [-0.39, 0.29) is 41.2 Å². The van der Waals surface area contributed by atoms with Gasteiger partial charge in [0.25, 0.3) is 0 Å². The van der Waals surface area contributed by atoms with Crippen molar-refractivity contribution in [2.75, 3.05) is 39.2 Å². The Morgan fingerprint density at radius 3 is 2.61 bits per heavy atom. The zero-order chi connectivity index (χ0) is 16.2. The summed E-state index contributed by atoms with van der Waals surface area (Å²) in [6.45, 7) is 1.83. The smallest absolute Gasteiger partial charge is 0.193 e. The summed E-state index contributed by atoms with van der Waals surface area (Å²) in [4.78, 5) is 6.42. The maximum absolute atomic E-state index is 13.6. The minimum atomic E-state index is -0.576. The second-order valence-corrected chi connectivity index (χ2v) is 5.68. The van der Waals surface area contributed by atoms with Crippen LogP contribution in [0.3, 0.4) is 0 Å². The molecule has 1 aromatic carbocycles. The summed E-state index contributed by atoms with van der Waals surface area (Å²) in [5.74, 6) is -1.05. The molecular formula is C15H23F2IN4O. The molecule has 2 rings (SSSR count). The Kier molecular flexibility index (Phi) is 7.62. The number of guanidine groups is 1. The fourth-order valence-electron chi connectivity index (χ4n) is 2.50. The molecule has 130 valence electrons.